The van der Waals surface area contributed by atoms with Crippen molar-refractivity contribution >= 4 is 29.7 Å². The van der Waals surface area contributed by atoms with Crippen molar-refractivity contribution in [1.82, 2.24) is 0 Å². The van der Waals surface area contributed by atoms with Gasteiger partial charge in [-0.05, 0) is 47.4 Å². The van der Waals surface area contributed by atoms with Crippen LogP contribution in [0.15, 0.2) is 12.7 Å². The van der Waals surface area contributed by atoms with Gasteiger partial charge in [-0.15, -0.1) is 18.2 Å². The molecular formula is C34H18O7S. The Bertz CT molecular complexity index is 1710. The molecule has 0 saturated carbocycles. The predicted molar refractivity (Wildman–Crippen MR) is 157 cm³/mol. The second kappa shape index (κ2) is 26.2. The normalized spacial score (nSPS) is 8.40. The number of hydrogen-bond donors (Lipinski definition) is 1. The van der Waals surface area contributed by atoms with Gasteiger partial charge in [0.2, 0.25) is 0 Å². The number of rotatable bonds is 10. The third-order valence-electron chi connectivity index (χ3n) is 3.41. The van der Waals surface area contributed by atoms with Crippen molar-refractivity contribution in [2.24, 2.45) is 5.92 Å². The minimum atomic E-state index is -1.16. The Balaban J connectivity index is 4.30. The first-order valence-electron chi connectivity index (χ1n) is 11.3. The smallest absolute Gasteiger partial charge is 0.330 e. The number of aliphatic hydroxyl groups is 1. The summed E-state index contributed by atoms with van der Waals surface area (Å²) in [6.45, 7) is 4.15. The highest BCUT2D eigenvalue weighted by atomic mass is 32.2. The molecular weight excluding hydrogens is 552 g/mol. The number of ether oxygens (including phenoxy) is 3. The summed E-state index contributed by atoms with van der Waals surface area (Å²) < 4.78 is 14.3. The van der Waals surface area contributed by atoms with E-state index in [2.05, 4.69) is 136 Å². The van der Waals surface area contributed by atoms with E-state index in [1.54, 1.807) is 6.92 Å². The van der Waals surface area contributed by atoms with E-state index in [-0.39, 0.29) is 24.7 Å². The van der Waals surface area contributed by atoms with Gasteiger partial charge in [0.1, 0.15) is 25.4 Å². The minimum Gasteiger partial charge on any atom is -0.462 e. The molecule has 0 radical (unpaired) electrons. The third kappa shape index (κ3) is 24.0. The van der Waals surface area contributed by atoms with Crippen LogP contribution in [0, 0.1) is 137 Å². The highest BCUT2D eigenvalue weighted by Gasteiger charge is 2.16. The maximum absolute atomic E-state index is 11.9. The number of terminal acetylenes is 1. The lowest BCUT2D eigenvalue weighted by Gasteiger charge is -2.11. The Morgan fingerprint density at radius 2 is 1.19 bits per heavy atom. The fourth-order valence-electron chi connectivity index (χ4n) is 1.67. The lowest BCUT2D eigenvalue weighted by molar-refractivity contribution is -0.148. The van der Waals surface area contributed by atoms with E-state index in [1.807, 2.05) is 0 Å². The van der Waals surface area contributed by atoms with E-state index in [9.17, 15) is 19.5 Å². The zero-order valence-corrected chi connectivity index (χ0v) is 23.0. The number of hydrogen-bond acceptors (Lipinski definition) is 8. The first-order valence-corrected chi connectivity index (χ1v) is 12.4. The molecule has 0 fully saturated rings. The van der Waals surface area contributed by atoms with Crippen molar-refractivity contribution in [3.05, 3.63) is 12.7 Å². The molecule has 0 aliphatic heterocycles. The third-order valence-corrected chi connectivity index (χ3v) is 4.59. The van der Waals surface area contributed by atoms with Gasteiger partial charge in [0.05, 0.1) is 11.7 Å². The summed E-state index contributed by atoms with van der Waals surface area (Å²) >= 11 is 1.14. The molecule has 2 atom stereocenters. The molecule has 0 amide bonds. The monoisotopic (exact) mass is 570 g/mol. The second-order valence-corrected chi connectivity index (χ2v) is 7.66. The minimum absolute atomic E-state index is 0.0541. The summed E-state index contributed by atoms with van der Waals surface area (Å²) in [5, 5.41) is 9.57. The highest BCUT2D eigenvalue weighted by Crippen LogP contribution is 2.10. The first kappa shape index (κ1) is 35.6. The zero-order chi connectivity index (χ0) is 31.1. The molecule has 0 aromatic rings. The number of carbonyl (C=O) groups excluding carboxylic acids is 3. The summed E-state index contributed by atoms with van der Waals surface area (Å²) in [6, 6.07) is 0. The van der Waals surface area contributed by atoms with E-state index >= 15 is 0 Å². The summed E-state index contributed by atoms with van der Waals surface area (Å²) in [7, 11) is 0. The molecule has 42 heavy (non-hydrogen) atoms. The van der Waals surface area contributed by atoms with E-state index < -0.39 is 29.9 Å². The molecule has 0 aliphatic carbocycles. The zero-order valence-electron chi connectivity index (χ0n) is 22.1. The van der Waals surface area contributed by atoms with Crippen LogP contribution in [0.2, 0.25) is 0 Å². The average molecular weight is 571 g/mol. The molecule has 0 aliphatic rings. The summed E-state index contributed by atoms with van der Waals surface area (Å²) in [4.78, 5) is 34.5. The van der Waals surface area contributed by atoms with Gasteiger partial charge in [-0.3, -0.25) is 9.59 Å². The van der Waals surface area contributed by atoms with Crippen molar-refractivity contribution < 1.29 is 33.7 Å². The van der Waals surface area contributed by atoms with Gasteiger partial charge in [-0.1, -0.05) is 13.5 Å². The van der Waals surface area contributed by atoms with Gasteiger partial charge in [0, 0.05) is 82.9 Å². The Labute approximate surface area is 250 Å². The predicted octanol–water partition coefficient (Wildman–Crippen LogP) is 0.157. The molecule has 0 aromatic carbocycles. The lowest BCUT2D eigenvalue weighted by Crippen LogP contribution is -2.25. The van der Waals surface area contributed by atoms with Crippen molar-refractivity contribution in [1.29, 1.82) is 0 Å². The van der Waals surface area contributed by atoms with Crippen molar-refractivity contribution in [3.8, 4) is 131 Å². The Kier molecular flexibility index (Phi) is 22.3. The standard InChI is InChI=1S/C34H18O7S/c1-4-6-7-8-9-10-11-12-13-14-15-16-17-18-19-20-21-22-23-24-25-39-34(38)30(3)28-42-29-33(37)41-27-31(35)26-40-32(36)5-2/h1,5,30-31,35H,2,26-29H2,3H3. The fourth-order valence-corrected chi connectivity index (χ4v) is 2.53. The van der Waals surface area contributed by atoms with Crippen LogP contribution in [0.5, 0.6) is 0 Å². The van der Waals surface area contributed by atoms with Crippen LogP contribution < -0.4 is 0 Å². The van der Waals surface area contributed by atoms with Crippen LogP contribution in [0.25, 0.3) is 0 Å². The van der Waals surface area contributed by atoms with E-state index in [0.717, 1.165) is 17.8 Å². The first-order chi connectivity index (χ1) is 20.4. The van der Waals surface area contributed by atoms with Crippen molar-refractivity contribution in [3.63, 3.8) is 0 Å². The molecule has 8 heteroatoms. The molecule has 0 saturated heterocycles. The van der Waals surface area contributed by atoms with Gasteiger partial charge in [-0.25, -0.2) is 4.79 Å². The van der Waals surface area contributed by atoms with Crippen LogP contribution >= 0.6 is 11.8 Å². The largest absolute Gasteiger partial charge is 0.462 e. The number of carbonyl (C=O) groups is 3. The van der Waals surface area contributed by atoms with Crippen LogP contribution in [-0.2, 0) is 28.6 Å². The maximum Gasteiger partial charge on any atom is 0.330 e. The lowest BCUT2D eigenvalue weighted by atomic mass is 10.2. The molecule has 0 bridgehead atoms. The van der Waals surface area contributed by atoms with E-state index in [0.29, 0.717) is 0 Å². The number of aliphatic hydroxyl groups excluding tert-OH is 1. The van der Waals surface area contributed by atoms with Gasteiger partial charge >= 0.3 is 17.9 Å². The highest BCUT2D eigenvalue weighted by molar-refractivity contribution is 7.99. The molecule has 2 unspecified atom stereocenters. The van der Waals surface area contributed by atoms with Crippen LogP contribution in [0.3, 0.4) is 0 Å². The fraction of sp³-hybridized carbons (Fsp3) is 0.206. The molecule has 202 valence electrons. The molecule has 1 N–H and O–H groups in total. The van der Waals surface area contributed by atoms with E-state index in [4.69, 9.17) is 15.9 Å². The van der Waals surface area contributed by atoms with Gasteiger partial charge < -0.3 is 19.3 Å². The van der Waals surface area contributed by atoms with Gasteiger partial charge in [-0.2, -0.15) is 0 Å². The summed E-state index contributed by atoms with van der Waals surface area (Å²) in [5.41, 5.74) is 0. The van der Waals surface area contributed by atoms with E-state index in [1.165, 1.54) is 0 Å². The summed E-state index contributed by atoms with van der Waals surface area (Å²) in [6.07, 6.45) is 6.87. The number of esters is 3. The van der Waals surface area contributed by atoms with Gasteiger partial charge in [0.15, 0.2) is 0 Å². The second-order valence-electron chi connectivity index (χ2n) is 6.63. The molecule has 0 aromatic heterocycles. The Hall–Kier alpha value is -6.38. The molecule has 0 spiro atoms. The maximum atomic E-state index is 11.9. The quantitative estimate of drug-likeness (QED) is 0.172. The molecule has 0 heterocycles. The average Bonchev–Trinajstić information content (AvgIpc) is 2.99. The number of thioether (sulfide) groups is 1. The SMILES string of the molecule is C#CC#CC#CC#CC#CC#CC#CC#CC#CC#CC#COC(=O)C(C)CSCC(=O)OCC(O)COC(=O)C=C. The van der Waals surface area contributed by atoms with Crippen LogP contribution in [0.4, 0.5) is 0 Å². The Morgan fingerprint density at radius 1 is 0.762 bits per heavy atom. The van der Waals surface area contributed by atoms with Crippen molar-refractivity contribution in [2.75, 3.05) is 24.7 Å². The van der Waals surface area contributed by atoms with Crippen molar-refractivity contribution in [2.45, 2.75) is 13.0 Å². The van der Waals surface area contributed by atoms with Crippen LogP contribution in [0.1, 0.15) is 6.92 Å². The Morgan fingerprint density at radius 3 is 1.64 bits per heavy atom. The van der Waals surface area contributed by atoms with Gasteiger partial charge in [0.25, 0.3) is 0 Å². The molecule has 0 rings (SSSR count). The molecule has 7 nitrogen and oxygen atoms in total. The topological polar surface area (TPSA) is 99.1 Å². The summed E-state index contributed by atoms with van der Waals surface area (Å²) in [5.74, 6) is 46.0. The van der Waals surface area contributed by atoms with Crippen LogP contribution in [-0.4, -0.2) is 53.8 Å².